The number of carbonyl (C=O) groups excluding carboxylic acids is 1. The van der Waals surface area contributed by atoms with Crippen LogP contribution in [-0.2, 0) is 9.53 Å². The summed E-state index contributed by atoms with van der Waals surface area (Å²) in [6.45, 7) is 7.63. The fourth-order valence-electron chi connectivity index (χ4n) is 1.63. The molecule has 0 aliphatic rings. The van der Waals surface area contributed by atoms with Crippen LogP contribution in [0.15, 0.2) is 0 Å². The zero-order valence-electron chi connectivity index (χ0n) is 12.6. The highest BCUT2D eigenvalue weighted by atomic mass is 16.5. The molecule has 5 heteroatoms. The number of carbonyl (C=O) groups is 1. The highest BCUT2D eigenvalue weighted by Crippen LogP contribution is 1.99. The van der Waals surface area contributed by atoms with Crippen molar-refractivity contribution in [2.24, 2.45) is 0 Å². The molecule has 0 aromatic carbocycles. The van der Waals surface area contributed by atoms with Crippen LogP contribution in [0.4, 0.5) is 0 Å². The van der Waals surface area contributed by atoms with Crippen molar-refractivity contribution in [3.63, 3.8) is 0 Å². The van der Waals surface area contributed by atoms with Crippen LogP contribution in [0.5, 0.6) is 0 Å². The summed E-state index contributed by atoms with van der Waals surface area (Å²) in [6, 6.07) is 0.144. The van der Waals surface area contributed by atoms with Crippen LogP contribution in [0.2, 0.25) is 0 Å². The summed E-state index contributed by atoms with van der Waals surface area (Å²) in [5.74, 6) is -0.0531. The molecule has 0 saturated carbocycles. The molecule has 1 atom stereocenters. The fourth-order valence-corrected chi connectivity index (χ4v) is 1.63. The predicted molar refractivity (Wildman–Crippen MR) is 77.1 cm³/mol. The molecule has 114 valence electrons. The average molecular weight is 274 g/mol. The molecule has 0 aliphatic carbocycles. The molecule has 0 heterocycles. The topological polar surface area (TPSA) is 70.6 Å². The van der Waals surface area contributed by atoms with E-state index in [9.17, 15) is 9.90 Å². The Morgan fingerprint density at radius 3 is 2.63 bits per heavy atom. The van der Waals surface area contributed by atoms with Crippen LogP contribution in [0, 0.1) is 0 Å². The number of aliphatic hydroxyl groups is 1. The minimum atomic E-state index is -0.557. The van der Waals surface area contributed by atoms with E-state index in [0.717, 1.165) is 6.42 Å². The van der Waals surface area contributed by atoms with E-state index in [-0.39, 0.29) is 18.5 Å². The average Bonchev–Trinajstić information content (AvgIpc) is 2.32. The van der Waals surface area contributed by atoms with E-state index in [2.05, 4.69) is 17.6 Å². The maximum Gasteiger partial charge on any atom is 0.234 e. The third-order valence-corrected chi connectivity index (χ3v) is 2.57. The highest BCUT2D eigenvalue weighted by molar-refractivity contribution is 5.78. The maximum absolute atomic E-state index is 11.3. The van der Waals surface area contributed by atoms with Gasteiger partial charge in [-0.15, -0.1) is 0 Å². The summed E-state index contributed by atoms with van der Waals surface area (Å²) in [6.07, 6.45) is 4.12. The van der Waals surface area contributed by atoms with Gasteiger partial charge in [0, 0.05) is 19.2 Å². The molecule has 0 radical (unpaired) electrons. The van der Waals surface area contributed by atoms with E-state index in [1.54, 1.807) is 0 Å². The van der Waals surface area contributed by atoms with Crippen LogP contribution >= 0.6 is 0 Å². The van der Waals surface area contributed by atoms with Gasteiger partial charge >= 0.3 is 0 Å². The van der Waals surface area contributed by atoms with Gasteiger partial charge in [0.2, 0.25) is 5.91 Å². The lowest BCUT2D eigenvalue weighted by Gasteiger charge is -2.13. The Hall–Kier alpha value is -0.650. The van der Waals surface area contributed by atoms with Crippen LogP contribution in [0.3, 0.4) is 0 Å². The third-order valence-electron chi connectivity index (χ3n) is 2.57. The first-order valence-corrected chi connectivity index (χ1v) is 7.32. The number of rotatable bonds is 12. The Morgan fingerprint density at radius 2 is 2.00 bits per heavy atom. The zero-order valence-corrected chi connectivity index (χ0v) is 12.6. The van der Waals surface area contributed by atoms with Crippen molar-refractivity contribution in [3.8, 4) is 0 Å². The predicted octanol–water partition coefficient (Wildman–Crippen LogP) is 1.06. The van der Waals surface area contributed by atoms with Crippen molar-refractivity contribution in [1.82, 2.24) is 10.6 Å². The molecular weight excluding hydrogens is 244 g/mol. The lowest BCUT2D eigenvalue weighted by atomic mass is 10.2. The Kier molecular flexibility index (Phi) is 12.0. The molecule has 0 bridgehead atoms. The number of amides is 1. The van der Waals surface area contributed by atoms with Crippen molar-refractivity contribution < 1.29 is 14.6 Å². The molecule has 0 spiro atoms. The molecular formula is C14H30N2O3. The second-order valence-electron chi connectivity index (χ2n) is 5.14. The van der Waals surface area contributed by atoms with Gasteiger partial charge in [0.15, 0.2) is 0 Å². The number of ether oxygens (including phenoxy) is 1. The number of unbranched alkanes of at least 4 members (excludes halogenated alkanes) is 3. The van der Waals surface area contributed by atoms with E-state index in [1.807, 2.05) is 13.8 Å². The largest absolute Gasteiger partial charge is 0.389 e. The van der Waals surface area contributed by atoms with E-state index < -0.39 is 6.10 Å². The summed E-state index contributed by atoms with van der Waals surface area (Å²) in [5.41, 5.74) is 0. The summed E-state index contributed by atoms with van der Waals surface area (Å²) in [7, 11) is 0. The van der Waals surface area contributed by atoms with E-state index in [4.69, 9.17) is 4.74 Å². The highest BCUT2D eigenvalue weighted by Gasteiger charge is 2.06. The molecule has 19 heavy (non-hydrogen) atoms. The first kappa shape index (κ1) is 18.4. The van der Waals surface area contributed by atoms with E-state index in [1.165, 1.54) is 19.3 Å². The van der Waals surface area contributed by atoms with Gasteiger partial charge in [0.05, 0.1) is 19.3 Å². The molecule has 5 nitrogen and oxygen atoms in total. The van der Waals surface area contributed by atoms with Gasteiger partial charge in [-0.25, -0.2) is 0 Å². The molecule has 1 amide bonds. The summed E-state index contributed by atoms with van der Waals surface area (Å²) < 4.78 is 5.37. The number of hydrogen-bond donors (Lipinski definition) is 3. The zero-order chi connectivity index (χ0) is 14.5. The third kappa shape index (κ3) is 13.6. The molecule has 0 aromatic rings. The van der Waals surface area contributed by atoms with Crippen molar-refractivity contribution >= 4 is 5.91 Å². The van der Waals surface area contributed by atoms with E-state index in [0.29, 0.717) is 19.8 Å². The van der Waals surface area contributed by atoms with Crippen molar-refractivity contribution in [1.29, 1.82) is 0 Å². The van der Waals surface area contributed by atoms with Crippen LogP contribution < -0.4 is 10.6 Å². The second-order valence-corrected chi connectivity index (χ2v) is 5.14. The summed E-state index contributed by atoms with van der Waals surface area (Å²) in [5, 5.41) is 15.3. The quantitative estimate of drug-likeness (QED) is 0.465. The second kappa shape index (κ2) is 12.4. The SMILES string of the molecule is CCCCCCOCC(O)CNCC(=O)NC(C)C. The summed E-state index contributed by atoms with van der Waals surface area (Å²) in [4.78, 5) is 11.3. The molecule has 0 rings (SSSR count). The summed E-state index contributed by atoms with van der Waals surface area (Å²) >= 11 is 0. The number of aliphatic hydroxyl groups excluding tert-OH is 1. The Labute approximate surface area is 117 Å². The van der Waals surface area contributed by atoms with E-state index >= 15 is 0 Å². The molecule has 3 N–H and O–H groups in total. The van der Waals surface area contributed by atoms with Crippen molar-refractivity contribution in [2.75, 3.05) is 26.3 Å². The molecule has 0 aliphatic heterocycles. The van der Waals surface area contributed by atoms with Gasteiger partial charge in [-0.3, -0.25) is 4.79 Å². The maximum atomic E-state index is 11.3. The Morgan fingerprint density at radius 1 is 1.26 bits per heavy atom. The monoisotopic (exact) mass is 274 g/mol. The molecule has 0 fully saturated rings. The standard InChI is InChI=1S/C14H30N2O3/c1-4-5-6-7-8-19-11-13(17)9-15-10-14(18)16-12(2)3/h12-13,15,17H,4-11H2,1-3H3,(H,16,18). The van der Waals surface area contributed by atoms with Crippen molar-refractivity contribution in [2.45, 2.75) is 58.6 Å². The Bertz CT molecular complexity index is 223. The van der Waals surface area contributed by atoms with Crippen molar-refractivity contribution in [3.05, 3.63) is 0 Å². The molecule has 0 saturated heterocycles. The van der Waals surface area contributed by atoms with Crippen LogP contribution in [0.1, 0.15) is 46.5 Å². The molecule has 0 aromatic heterocycles. The van der Waals surface area contributed by atoms with Gasteiger partial charge in [-0.2, -0.15) is 0 Å². The number of nitrogens with one attached hydrogen (secondary N) is 2. The van der Waals surface area contributed by atoms with Gasteiger partial charge in [0.25, 0.3) is 0 Å². The lowest BCUT2D eigenvalue weighted by molar-refractivity contribution is -0.120. The van der Waals surface area contributed by atoms with Gasteiger partial charge in [0.1, 0.15) is 0 Å². The first-order valence-electron chi connectivity index (χ1n) is 7.32. The smallest absolute Gasteiger partial charge is 0.234 e. The van der Waals surface area contributed by atoms with Crippen LogP contribution in [-0.4, -0.2) is 49.5 Å². The van der Waals surface area contributed by atoms with Crippen LogP contribution in [0.25, 0.3) is 0 Å². The minimum absolute atomic E-state index is 0.0531. The fraction of sp³-hybridized carbons (Fsp3) is 0.929. The van der Waals surface area contributed by atoms with Gasteiger partial charge < -0.3 is 20.5 Å². The molecule has 1 unspecified atom stereocenters. The van der Waals surface area contributed by atoms with Gasteiger partial charge in [-0.1, -0.05) is 26.2 Å². The Balaban J connectivity index is 3.34. The minimum Gasteiger partial charge on any atom is -0.389 e. The van der Waals surface area contributed by atoms with Gasteiger partial charge in [-0.05, 0) is 20.3 Å². The normalized spacial score (nSPS) is 12.7. The first-order chi connectivity index (χ1) is 9.06. The lowest BCUT2D eigenvalue weighted by Crippen LogP contribution is -2.40. The number of hydrogen-bond acceptors (Lipinski definition) is 4.